The van der Waals surface area contributed by atoms with E-state index >= 15 is 0 Å². The smallest absolute Gasteiger partial charge is 0.408 e. The third-order valence-electron chi connectivity index (χ3n) is 3.63. The van der Waals surface area contributed by atoms with Crippen molar-refractivity contribution in [2.75, 3.05) is 26.2 Å². The third-order valence-corrected chi connectivity index (χ3v) is 3.63. The zero-order valence-electron chi connectivity index (χ0n) is 15.2. The highest BCUT2D eigenvalue weighted by atomic mass is 16.6. The van der Waals surface area contributed by atoms with Crippen molar-refractivity contribution >= 4 is 12.1 Å². The Bertz CT molecular complexity index is 383. The lowest BCUT2D eigenvalue weighted by atomic mass is 10.1. The van der Waals surface area contributed by atoms with Gasteiger partial charge >= 0.3 is 12.1 Å². The van der Waals surface area contributed by atoms with Gasteiger partial charge in [-0.3, -0.25) is 4.79 Å². The van der Waals surface area contributed by atoms with Crippen LogP contribution in [0.3, 0.4) is 0 Å². The SMILES string of the molecule is CC(C)CCN1CCC(OC(=O)CNC(=O)OC(C)(C)C)CC1. The highest BCUT2D eigenvalue weighted by Crippen LogP contribution is 2.15. The predicted molar refractivity (Wildman–Crippen MR) is 89.2 cm³/mol. The second-order valence-electron chi connectivity index (χ2n) is 7.57. The van der Waals surface area contributed by atoms with E-state index in [2.05, 4.69) is 24.1 Å². The molecular weight excluding hydrogens is 296 g/mol. The molecule has 23 heavy (non-hydrogen) atoms. The number of carbonyl (C=O) groups is 2. The third kappa shape index (κ3) is 9.43. The lowest BCUT2D eigenvalue weighted by molar-refractivity contribution is -0.150. The van der Waals surface area contributed by atoms with Gasteiger partial charge in [-0.15, -0.1) is 0 Å². The van der Waals surface area contributed by atoms with Gasteiger partial charge in [-0.2, -0.15) is 0 Å². The molecule has 1 amide bonds. The molecule has 0 spiro atoms. The number of amides is 1. The molecule has 1 aliphatic heterocycles. The van der Waals surface area contributed by atoms with Gasteiger partial charge < -0.3 is 19.7 Å². The lowest BCUT2D eigenvalue weighted by Gasteiger charge is -2.32. The fourth-order valence-corrected chi connectivity index (χ4v) is 2.38. The fraction of sp³-hybridized carbons (Fsp3) is 0.882. The number of nitrogens with one attached hydrogen (secondary N) is 1. The van der Waals surface area contributed by atoms with Crippen molar-refractivity contribution in [3.63, 3.8) is 0 Å². The number of alkyl carbamates (subject to hydrolysis) is 1. The largest absolute Gasteiger partial charge is 0.461 e. The molecule has 1 rings (SSSR count). The predicted octanol–water partition coefficient (Wildman–Crippen LogP) is 2.56. The first-order valence-corrected chi connectivity index (χ1v) is 8.54. The van der Waals surface area contributed by atoms with Crippen LogP contribution < -0.4 is 5.32 Å². The molecule has 1 saturated heterocycles. The maximum atomic E-state index is 11.8. The minimum Gasteiger partial charge on any atom is -0.461 e. The summed E-state index contributed by atoms with van der Waals surface area (Å²) in [5, 5.41) is 2.42. The quantitative estimate of drug-likeness (QED) is 0.759. The van der Waals surface area contributed by atoms with Crippen LogP contribution >= 0.6 is 0 Å². The Morgan fingerprint density at radius 2 is 1.83 bits per heavy atom. The maximum absolute atomic E-state index is 11.8. The van der Waals surface area contributed by atoms with E-state index in [4.69, 9.17) is 9.47 Å². The highest BCUT2D eigenvalue weighted by Gasteiger charge is 2.23. The average Bonchev–Trinajstić information content (AvgIpc) is 2.42. The molecule has 0 unspecified atom stereocenters. The maximum Gasteiger partial charge on any atom is 0.408 e. The summed E-state index contributed by atoms with van der Waals surface area (Å²) >= 11 is 0. The fourth-order valence-electron chi connectivity index (χ4n) is 2.38. The van der Waals surface area contributed by atoms with Crippen LogP contribution in [0.15, 0.2) is 0 Å². The Morgan fingerprint density at radius 3 is 2.35 bits per heavy atom. The van der Waals surface area contributed by atoms with E-state index in [9.17, 15) is 9.59 Å². The first kappa shape index (κ1) is 19.7. The summed E-state index contributed by atoms with van der Waals surface area (Å²) < 4.78 is 10.5. The topological polar surface area (TPSA) is 67.9 Å². The normalized spacial score (nSPS) is 17.1. The molecule has 1 aliphatic rings. The molecule has 6 nitrogen and oxygen atoms in total. The number of rotatable bonds is 6. The van der Waals surface area contributed by atoms with Crippen molar-refractivity contribution in [1.29, 1.82) is 0 Å². The summed E-state index contributed by atoms with van der Waals surface area (Å²) in [7, 11) is 0. The monoisotopic (exact) mass is 328 g/mol. The Balaban J connectivity index is 2.18. The first-order valence-electron chi connectivity index (χ1n) is 8.54. The molecule has 0 aromatic rings. The Morgan fingerprint density at radius 1 is 1.22 bits per heavy atom. The number of ether oxygens (including phenoxy) is 2. The molecule has 1 N–H and O–H groups in total. The number of likely N-dealkylation sites (tertiary alicyclic amines) is 1. The molecule has 0 aromatic heterocycles. The van der Waals surface area contributed by atoms with Crippen LogP contribution in [0, 0.1) is 5.92 Å². The first-order chi connectivity index (χ1) is 10.7. The second kappa shape index (κ2) is 9.11. The van der Waals surface area contributed by atoms with Crippen LogP contribution in [0.2, 0.25) is 0 Å². The van der Waals surface area contributed by atoms with Gasteiger partial charge in [0.1, 0.15) is 18.2 Å². The van der Waals surface area contributed by atoms with Gasteiger partial charge in [0.25, 0.3) is 0 Å². The van der Waals surface area contributed by atoms with Gasteiger partial charge in [0.15, 0.2) is 0 Å². The van der Waals surface area contributed by atoms with Crippen molar-refractivity contribution in [2.45, 2.75) is 65.6 Å². The molecule has 1 fully saturated rings. The van der Waals surface area contributed by atoms with Crippen LogP contribution in [0.25, 0.3) is 0 Å². The number of nitrogens with zero attached hydrogens (tertiary/aromatic N) is 1. The van der Waals surface area contributed by atoms with Crippen molar-refractivity contribution < 1.29 is 19.1 Å². The Hall–Kier alpha value is -1.30. The van der Waals surface area contributed by atoms with E-state index in [0.717, 1.165) is 32.5 Å². The zero-order chi connectivity index (χ0) is 17.5. The molecule has 0 aromatic carbocycles. The van der Waals surface area contributed by atoms with Crippen LogP contribution in [0.1, 0.15) is 53.9 Å². The van der Waals surface area contributed by atoms with Crippen molar-refractivity contribution in [2.24, 2.45) is 5.92 Å². The van der Waals surface area contributed by atoms with E-state index in [0.29, 0.717) is 5.92 Å². The van der Waals surface area contributed by atoms with E-state index in [1.54, 1.807) is 20.8 Å². The Kier molecular flexibility index (Phi) is 7.82. The van der Waals surface area contributed by atoms with E-state index in [1.807, 2.05) is 0 Å². The Labute approximate surface area is 139 Å². The van der Waals surface area contributed by atoms with Crippen LogP contribution in [-0.2, 0) is 14.3 Å². The highest BCUT2D eigenvalue weighted by molar-refractivity contribution is 5.78. The number of esters is 1. The van der Waals surface area contributed by atoms with E-state index < -0.39 is 17.7 Å². The molecule has 0 bridgehead atoms. The van der Waals surface area contributed by atoms with Gasteiger partial charge in [0, 0.05) is 13.1 Å². The molecule has 0 atom stereocenters. The number of carbonyl (C=O) groups excluding carboxylic acids is 2. The molecule has 6 heteroatoms. The minimum atomic E-state index is -0.599. The van der Waals surface area contributed by atoms with Crippen molar-refractivity contribution in [1.82, 2.24) is 10.2 Å². The van der Waals surface area contributed by atoms with Crippen molar-refractivity contribution in [3.8, 4) is 0 Å². The molecule has 0 aliphatic carbocycles. The molecule has 1 heterocycles. The number of hydrogen-bond donors (Lipinski definition) is 1. The summed E-state index contributed by atoms with van der Waals surface area (Å²) in [5.41, 5.74) is -0.573. The zero-order valence-corrected chi connectivity index (χ0v) is 15.2. The van der Waals surface area contributed by atoms with Crippen LogP contribution in [-0.4, -0.2) is 54.8 Å². The summed E-state index contributed by atoms with van der Waals surface area (Å²) in [4.78, 5) is 25.7. The number of hydrogen-bond acceptors (Lipinski definition) is 5. The average molecular weight is 328 g/mol. The molecule has 134 valence electrons. The molecule has 0 saturated carbocycles. The van der Waals surface area contributed by atoms with Crippen LogP contribution in [0.4, 0.5) is 4.79 Å². The van der Waals surface area contributed by atoms with Gasteiger partial charge in [0.05, 0.1) is 0 Å². The summed E-state index contributed by atoms with van der Waals surface area (Å²) in [6, 6.07) is 0. The standard InChI is InChI=1S/C17H32N2O4/c1-13(2)6-9-19-10-7-14(8-11-19)22-15(20)12-18-16(21)23-17(3,4)5/h13-14H,6-12H2,1-5H3,(H,18,21). The molecule has 0 radical (unpaired) electrons. The summed E-state index contributed by atoms with van der Waals surface area (Å²) in [5.74, 6) is 0.306. The lowest BCUT2D eigenvalue weighted by Crippen LogP contribution is -2.41. The van der Waals surface area contributed by atoms with Crippen LogP contribution in [0.5, 0.6) is 0 Å². The summed E-state index contributed by atoms with van der Waals surface area (Å²) in [6.07, 6.45) is 2.27. The van der Waals surface area contributed by atoms with Gasteiger partial charge in [-0.05, 0) is 52.5 Å². The van der Waals surface area contributed by atoms with Gasteiger partial charge in [-0.1, -0.05) is 13.8 Å². The summed E-state index contributed by atoms with van der Waals surface area (Å²) in [6.45, 7) is 12.7. The number of piperidine rings is 1. The van der Waals surface area contributed by atoms with E-state index in [1.165, 1.54) is 6.42 Å². The van der Waals surface area contributed by atoms with Gasteiger partial charge in [0.2, 0.25) is 0 Å². The minimum absolute atomic E-state index is 0.0433. The van der Waals surface area contributed by atoms with Gasteiger partial charge in [-0.25, -0.2) is 4.79 Å². The molecular formula is C17H32N2O4. The van der Waals surface area contributed by atoms with E-state index in [-0.39, 0.29) is 12.6 Å². The second-order valence-corrected chi connectivity index (χ2v) is 7.57. The van der Waals surface area contributed by atoms with Crippen molar-refractivity contribution in [3.05, 3.63) is 0 Å².